The number of rotatable bonds is 4. The second kappa shape index (κ2) is 5.82. The Bertz CT molecular complexity index is 321. The lowest BCUT2D eigenvalue weighted by Gasteiger charge is -2.24. The van der Waals surface area contributed by atoms with Gasteiger partial charge in [0, 0.05) is 29.9 Å². The van der Waals surface area contributed by atoms with E-state index in [0.29, 0.717) is 5.38 Å². The van der Waals surface area contributed by atoms with Gasteiger partial charge in [-0.15, -0.1) is 11.6 Å². The summed E-state index contributed by atoms with van der Waals surface area (Å²) in [6.45, 7) is 3.09. The van der Waals surface area contributed by atoms with E-state index in [0.717, 1.165) is 42.7 Å². The van der Waals surface area contributed by atoms with Gasteiger partial charge in [0.25, 0.3) is 0 Å². The van der Waals surface area contributed by atoms with Crippen LogP contribution in [0.4, 0.5) is 5.13 Å². The van der Waals surface area contributed by atoms with E-state index in [1.54, 1.807) is 0 Å². The van der Waals surface area contributed by atoms with Crippen molar-refractivity contribution in [3.8, 4) is 0 Å². The average Bonchev–Trinajstić information content (AvgIpc) is 2.76. The van der Waals surface area contributed by atoms with E-state index in [1.165, 1.54) is 24.4 Å². The van der Waals surface area contributed by atoms with E-state index < -0.39 is 0 Å². The Kier molecular flexibility index (Phi) is 4.41. The monoisotopic (exact) mass is 259 g/mol. The Morgan fingerprint density at radius 3 is 2.75 bits per heavy atom. The van der Waals surface area contributed by atoms with Gasteiger partial charge >= 0.3 is 0 Å². The lowest BCUT2D eigenvalue weighted by atomic mass is 9.89. The maximum Gasteiger partial charge on any atom is 0.202 e. The maximum atomic E-state index is 6.08. The van der Waals surface area contributed by atoms with E-state index in [2.05, 4.69) is 21.6 Å². The quantitative estimate of drug-likeness (QED) is 0.843. The number of hydrogen-bond acceptors (Lipinski definition) is 4. The van der Waals surface area contributed by atoms with E-state index in [1.807, 2.05) is 0 Å². The number of alkyl halides is 1. The molecule has 0 saturated heterocycles. The van der Waals surface area contributed by atoms with E-state index >= 15 is 0 Å². The first-order valence-electron chi connectivity index (χ1n) is 5.98. The van der Waals surface area contributed by atoms with Crippen molar-refractivity contribution in [2.24, 2.45) is 5.92 Å². The minimum atomic E-state index is 0.407. The molecule has 0 aromatic carbocycles. The van der Waals surface area contributed by atoms with Crippen LogP contribution in [0.5, 0.6) is 0 Å². The molecule has 2 rings (SSSR count). The number of hydrogen-bond donors (Lipinski definition) is 1. The van der Waals surface area contributed by atoms with Gasteiger partial charge in [-0.05, 0) is 31.6 Å². The number of nitrogens with zero attached hydrogens (tertiary/aromatic N) is 2. The van der Waals surface area contributed by atoms with E-state index in [9.17, 15) is 0 Å². The van der Waals surface area contributed by atoms with Gasteiger partial charge in [0.15, 0.2) is 0 Å². The van der Waals surface area contributed by atoms with E-state index in [4.69, 9.17) is 11.6 Å². The highest BCUT2D eigenvalue weighted by atomic mass is 35.5. The summed E-state index contributed by atoms with van der Waals surface area (Å²) >= 11 is 7.55. The van der Waals surface area contributed by atoms with Gasteiger partial charge < -0.3 is 5.32 Å². The lowest BCUT2D eigenvalue weighted by molar-refractivity contribution is 0.378. The summed E-state index contributed by atoms with van der Waals surface area (Å²) in [5, 5.41) is 4.76. The summed E-state index contributed by atoms with van der Waals surface area (Å²) in [4.78, 5) is 4.40. The average molecular weight is 260 g/mol. The minimum Gasteiger partial charge on any atom is -0.360 e. The number of nitrogens with one attached hydrogen (secondary N) is 1. The molecule has 5 heteroatoms. The molecule has 1 saturated carbocycles. The molecule has 0 bridgehead atoms. The van der Waals surface area contributed by atoms with Crippen LogP contribution in [0.3, 0.4) is 0 Å². The van der Waals surface area contributed by atoms with Crippen molar-refractivity contribution in [3.05, 3.63) is 5.82 Å². The van der Waals surface area contributed by atoms with Crippen LogP contribution in [0.15, 0.2) is 0 Å². The van der Waals surface area contributed by atoms with Crippen molar-refractivity contribution < 1.29 is 0 Å². The highest BCUT2D eigenvalue weighted by Gasteiger charge is 2.19. The number of anilines is 1. The molecule has 1 aliphatic carbocycles. The van der Waals surface area contributed by atoms with Crippen LogP contribution in [0.2, 0.25) is 0 Å². The molecule has 0 unspecified atom stereocenters. The number of aryl methyl sites for hydroxylation is 1. The highest BCUT2D eigenvalue weighted by molar-refractivity contribution is 7.09. The van der Waals surface area contributed by atoms with Crippen LogP contribution in [0.1, 0.15) is 38.4 Å². The van der Waals surface area contributed by atoms with Crippen molar-refractivity contribution in [2.75, 3.05) is 11.9 Å². The molecule has 90 valence electrons. The summed E-state index contributed by atoms with van der Waals surface area (Å²) in [5.41, 5.74) is 0. The highest BCUT2D eigenvalue weighted by Crippen LogP contribution is 2.27. The van der Waals surface area contributed by atoms with Crippen LogP contribution >= 0.6 is 23.1 Å². The molecule has 0 atom stereocenters. The molecule has 0 spiro atoms. The topological polar surface area (TPSA) is 37.8 Å². The number of aromatic nitrogens is 2. The first-order valence-corrected chi connectivity index (χ1v) is 7.19. The summed E-state index contributed by atoms with van der Waals surface area (Å²) in [6.07, 6.45) is 5.70. The molecule has 0 radical (unpaired) electrons. The van der Waals surface area contributed by atoms with Crippen LogP contribution < -0.4 is 5.32 Å². The maximum absolute atomic E-state index is 6.08. The molecular formula is C11H18ClN3S. The third kappa shape index (κ3) is 3.32. The van der Waals surface area contributed by atoms with Crippen molar-refractivity contribution >= 4 is 28.3 Å². The smallest absolute Gasteiger partial charge is 0.202 e. The molecule has 1 aliphatic rings. The molecule has 1 heterocycles. The first-order chi connectivity index (χ1) is 7.78. The minimum absolute atomic E-state index is 0.407. The zero-order valence-electron chi connectivity index (χ0n) is 9.58. The Hall–Kier alpha value is -0.350. The van der Waals surface area contributed by atoms with Gasteiger partial charge in [0.1, 0.15) is 5.82 Å². The summed E-state index contributed by atoms with van der Waals surface area (Å²) in [6, 6.07) is 0. The number of halogens is 1. The van der Waals surface area contributed by atoms with Gasteiger partial charge in [-0.2, -0.15) is 4.37 Å². The summed E-state index contributed by atoms with van der Waals surface area (Å²) in [7, 11) is 0. The molecule has 3 nitrogen and oxygen atoms in total. The predicted molar refractivity (Wildman–Crippen MR) is 69.4 cm³/mol. The largest absolute Gasteiger partial charge is 0.360 e. The molecule has 0 aliphatic heterocycles. The summed E-state index contributed by atoms with van der Waals surface area (Å²) in [5.74, 6) is 1.70. The van der Waals surface area contributed by atoms with Crippen LogP contribution in [0.25, 0.3) is 0 Å². The fraction of sp³-hybridized carbons (Fsp3) is 0.818. The third-order valence-electron chi connectivity index (χ3n) is 3.10. The van der Waals surface area contributed by atoms with Gasteiger partial charge in [0.2, 0.25) is 5.13 Å². The second-order valence-corrected chi connectivity index (χ2v) is 5.74. The van der Waals surface area contributed by atoms with Crippen LogP contribution in [0, 0.1) is 5.92 Å². The van der Waals surface area contributed by atoms with Gasteiger partial charge in [-0.3, -0.25) is 0 Å². The van der Waals surface area contributed by atoms with Gasteiger partial charge in [-0.25, -0.2) is 4.98 Å². The second-order valence-electron chi connectivity index (χ2n) is 4.37. The third-order valence-corrected chi connectivity index (χ3v) is 4.25. The molecule has 1 aromatic rings. The molecule has 1 aromatic heterocycles. The summed E-state index contributed by atoms with van der Waals surface area (Å²) < 4.78 is 4.26. The molecule has 16 heavy (non-hydrogen) atoms. The van der Waals surface area contributed by atoms with Crippen molar-refractivity contribution in [3.63, 3.8) is 0 Å². The van der Waals surface area contributed by atoms with Crippen molar-refractivity contribution in [1.29, 1.82) is 0 Å². The van der Waals surface area contributed by atoms with Gasteiger partial charge in [0.05, 0.1) is 0 Å². The van der Waals surface area contributed by atoms with Crippen LogP contribution in [-0.4, -0.2) is 21.3 Å². The van der Waals surface area contributed by atoms with Gasteiger partial charge in [-0.1, -0.05) is 6.92 Å². The molecule has 1 N–H and O–H groups in total. The van der Waals surface area contributed by atoms with E-state index in [-0.39, 0.29) is 0 Å². The molecule has 0 amide bonds. The Labute approximate surface area is 106 Å². The Morgan fingerprint density at radius 2 is 2.12 bits per heavy atom. The first kappa shape index (κ1) is 12.1. The zero-order valence-corrected chi connectivity index (χ0v) is 11.2. The standard InChI is InChI=1S/C11H18ClN3S/c1-2-10-14-11(16-15-10)13-7-8-3-5-9(12)6-4-8/h8-9H,2-7H2,1H3,(H,13,14,15). The molecular weight excluding hydrogens is 242 g/mol. The Balaban J connectivity index is 1.74. The predicted octanol–water partition coefficient (Wildman–Crippen LogP) is 3.31. The lowest BCUT2D eigenvalue weighted by Crippen LogP contribution is -2.21. The van der Waals surface area contributed by atoms with Crippen LogP contribution in [-0.2, 0) is 6.42 Å². The van der Waals surface area contributed by atoms with Crippen molar-refractivity contribution in [2.45, 2.75) is 44.4 Å². The van der Waals surface area contributed by atoms with Crippen molar-refractivity contribution in [1.82, 2.24) is 9.36 Å². The SMILES string of the molecule is CCc1nsc(NCC2CCC(Cl)CC2)n1. The normalized spacial score (nSPS) is 25.6. The fourth-order valence-corrected chi connectivity index (χ4v) is 2.93. The fourth-order valence-electron chi connectivity index (χ4n) is 2.03. The molecule has 1 fully saturated rings. The zero-order chi connectivity index (χ0) is 11.4. The Morgan fingerprint density at radius 1 is 1.38 bits per heavy atom.